The van der Waals surface area contributed by atoms with Gasteiger partial charge in [0.15, 0.2) is 0 Å². The summed E-state index contributed by atoms with van der Waals surface area (Å²) in [6.07, 6.45) is 1.66. The van der Waals surface area contributed by atoms with Crippen LogP contribution in [0, 0.1) is 5.92 Å². The number of rotatable bonds is 5. The van der Waals surface area contributed by atoms with Gasteiger partial charge in [-0.15, -0.1) is 0 Å². The number of hydrogen-bond donors (Lipinski definition) is 2. The molecule has 16 heavy (non-hydrogen) atoms. The van der Waals surface area contributed by atoms with Crippen molar-refractivity contribution >= 4 is 16.1 Å². The first-order valence-corrected chi connectivity index (χ1v) is 6.53. The summed E-state index contributed by atoms with van der Waals surface area (Å²) in [5.41, 5.74) is 4.81. The number of carbonyl (C=O) groups excluding carboxylic acids is 1. The maximum absolute atomic E-state index is 11.6. The third kappa shape index (κ3) is 4.05. The van der Waals surface area contributed by atoms with E-state index in [1.54, 1.807) is 0 Å². The lowest BCUT2D eigenvalue weighted by Crippen LogP contribution is -2.45. The van der Waals surface area contributed by atoms with Crippen LogP contribution in [-0.2, 0) is 19.8 Å². The monoisotopic (exact) mass is 251 g/mol. The SMILES string of the molecule is CC1CCN(S(=O)(=O)NOCC(N)=O)CC1. The van der Waals surface area contributed by atoms with E-state index in [0.717, 1.165) is 12.8 Å². The molecule has 0 saturated carbocycles. The summed E-state index contributed by atoms with van der Waals surface area (Å²) in [5.74, 6) is -0.187. The van der Waals surface area contributed by atoms with Gasteiger partial charge in [0.2, 0.25) is 5.91 Å². The zero-order valence-corrected chi connectivity index (χ0v) is 10.00. The average molecular weight is 251 g/mol. The van der Waals surface area contributed by atoms with Gasteiger partial charge >= 0.3 is 10.2 Å². The summed E-state index contributed by atoms with van der Waals surface area (Å²) in [4.78, 5) is 16.7. The molecule has 1 saturated heterocycles. The maximum Gasteiger partial charge on any atom is 0.301 e. The molecule has 0 bridgehead atoms. The minimum absolute atomic E-state index is 0.469. The van der Waals surface area contributed by atoms with Crippen molar-refractivity contribution in [3.8, 4) is 0 Å². The molecule has 8 heteroatoms. The summed E-state index contributed by atoms with van der Waals surface area (Å²) in [6, 6.07) is 0. The largest absolute Gasteiger partial charge is 0.368 e. The Balaban J connectivity index is 2.41. The normalized spacial score (nSPS) is 19.8. The van der Waals surface area contributed by atoms with Gasteiger partial charge in [-0.2, -0.15) is 12.7 Å². The Hall–Kier alpha value is -0.700. The third-order valence-electron chi connectivity index (χ3n) is 2.46. The predicted molar refractivity (Wildman–Crippen MR) is 57.2 cm³/mol. The Kier molecular flexibility index (Phi) is 4.66. The topological polar surface area (TPSA) is 102 Å². The second-order valence-electron chi connectivity index (χ2n) is 3.92. The second-order valence-corrected chi connectivity index (χ2v) is 5.56. The van der Waals surface area contributed by atoms with E-state index in [1.807, 2.05) is 4.89 Å². The van der Waals surface area contributed by atoms with E-state index in [4.69, 9.17) is 5.73 Å². The smallest absolute Gasteiger partial charge is 0.301 e. The van der Waals surface area contributed by atoms with E-state index in [1.165, 1.54) is 4.31 Å². The molecule has 94 valence electrons. The standard InChI is InChI=1S/C8H17N3O4S/c1-7-2-4-11(5-3-7)16(13,14)10-15-6-8(9)12/h7,10H,2-6H2,1H3,(H2,9,12). The fraction of sp³-hybridized carbons (Fsp3) is 0.875. The molecule has 0 radical (unpaired) electrons. The van der Waals surface area contributed by atoms with E-state index in [9.17, 15) is 13.2 Å². The van der Waals surface area contributed by atoms with E-state index < -0.39 is 22.7 Å². The zero-order valence-electron chi connectivity index (χ0n) is 9.18. The maximum atomic E-state index is 11.6. The molecule has 1 rings (SSSR count). The van der Waals surface area contributed by atoms with Gasteiger partial charge in [-0.1, -0.05) is 11.8 Å². The van der Waals surface area contributed by atoms with Gasteiger partial charge in [0.05, 0.1) is 0 Å². The molecule has 0 unspecified atom stereocenters. The Bertz CT molecular complexity index is 335. The first-order chi connectivity index (χ1) is 7.42. The lowest BCUT2D eigenvalue weighted by molar-refractivity contribution is -0.123. The number of piperidine rings is 1. The van der Waals surface area contributed by atoms with Crippen LogP contribution in [0.3, 0.4) is 0 Å². The van der Waals surface area contributed by atoms with E-state index >= 15 is 0 Å². The Morgan fingerprint density at radius 1 is 1.50 bits per heavy atom. The molecule has 1 amide bonds. The molecule has 1 fully saturated rings. The highest BCUT2D eigenvalue weighted by Crippen LogP contribution is 2.17. The Labute approximate surface area is 95.1 Å². The van der Waals surface area contributed by atoms with Crippen molar-refractivity contribution in [1.29, 1.82) is 0 Å². The van der Waals surface area contributed by atoms with Crippen LogP contribution >= 0.6 is 0 Å². The zero-order chi connectivity index (χ0) is 12.2. The van der Waals surface area contributed by atoms with Crippen molar-refractivity contribution in [3.05, 3.63) is 0 Å². The van der Waals surface area contributed by atoms with Crippen molar-refractivity contribution in [2.24, 2.45) is 11.7 Å². The van der Waals surface area contributed by atoms with E-state index in [2.05, 4.69) is 11.8 Å². The lowest BCUT2D eigenvalue weighted by atomic mass is 10.0. The molecule has 1 aliphatic heterocycles. The van der Waals surface area contributed by atoms with Gasteiger partial charge in [0.25, 0.3) is 0 Å². The lowest BCUT2D eigenvalue weighted by Gasteiger charge is -2.28. The van der Waals surface area contributed by atoms with E-state index in [0.29, 0.717) is 19.0 Å². The molecule has 0 atom stereocenters. The highest BCUT2D eigenvalue weighted by atomic mass is 32.2. The van der Waals surface area contributed by atoms with Gasteiger partial charge in [0, 0.05) is 13.1 Å². The number of carbonyl (C=O) groups is 1. The minimum atomic E-state index is -3.65. The molecule has 0 spiro atoms. The van der Waals surface area contributed by atoms with Crippen molar-refractivity contribution in [2.45, 2.75) is 19.8 Å². The van der Waals surface area contributed by atoms with Crippen molar-refractivity contribution in [2.75, 3.05) is 19.7 Å². The molecule has 7 nitrogen and oxygen atoms in total. The quantitative estimate of drug-likeness (QED) is 0.610. The van der Waals surface area contributed by atoms with E-state index in [-0.39, 0.29) is 0 Å². The summed E-state index contributed by atoms with van der Waals surface area (Å²) in [7, 11) is -3.65. The number of primary amides is 1. The van der Waals surface area contributed by atoms with Gasteiger partial charge in [-0.25, -0.2) is 0 Å². The van der Waals surface area contributed by atoms with Gasteiger partial charge in [-0.3, -0.25) is 9.63 Å². The summed E-state index contributed by atoms with van der Waals surface area (Å²) < 4.78 is 24.5. The minimum Gasteiger partial charge on any atom is -0.368 e. The van der Waals surface area contributed by atoms with Crippen molar-refractivity contribution in [3.63, 3.8) is 0 Å². The molecule has 1 heterocycles. The number of hydrogen-bond acceptors (Lipinski definition) is 4. The molecular weight excluding hydrogens is 234 g/mol. The van der Waals surface area contributed by atoms with Crippen LogP contribution < -0.4 is 10.6 Å². The fourth-order valence-electron chi connectivity index (χ4n) is 1.45. The highest BCUT2D eigenvalue weighted by molar-refractivity contribution is 7.87. The van der Waals surface area contributed by atoms with Gasteiger partial charge < -0.3 is 5.73 Å². The molecule has 0 aromatic rings. The van der Waals surface area contributed by atoms with Crippen LogP contribution in [0.1, 0.15) is 19.8 Å². The second kappa shape index (κ2) is 5.58. The van der Waals surface area contributed by atoms with Crippen LogP contribution in [0.2, 0.25) is 0 Å². The Morgan fingerprint density at radius 3 is 2.56 bits per heavy atom. The third-order valence-corrected chi connectivity index (χ3v) is 3.83. The first-order valence-electron chi connectivity index (χ1n) is 5.09. The predicted octanol–water partition coefficient (Wildman–Crippen LogP) is -1.03. The van der Waals surface area contributed by atoms with Crippen LogP contribution in [0.15, 0.2) is 0 Å². The number of nitrogens with two attached hydrogens (primary N) is 1. The number of amides is 1. The highest BCUT2D eigenvalue weighted by Gasteiger charge is 2.26. The molecule has 1 aliphatic rings. The van der Waals surface area contributed by atoms with Crippen molar-refractivity contribution in [1.82, 2.24) is 9.19 Å². The number of nitrogens with one attached hydrogen (secondary N) is 1. The average Bonchev–Trinajstić information content (AvgIpc) is 2.17. The van der Waals surface area contributed by atoms with Crippen LogP contribution in [0.5, 0.6) is 0 Å². The molecular formula is C8H17N3O4S. The van der Waals surface area contributed by atoms with Crippen LogP contribution in [0.4, 0.5) is 0 Å². The molecule has 0 aromatic carbocycles. The fourth-order valence-corrected chi connectivity index (χ4v) is 2.46. The summed E-state index contributed by atoms with van der Waals surface area (Å²) >= 11 is 0. The van der Waals surface area contributed by atoms with Gasteiger partial charge in [-0.05, 0) is 18.8 Å². The molecule has 0 aromatic heterocycles. The first kappa shape index (κ1) is 13.4. The summed E-state index contributed by atoms with van der Waals surface area (Å²) in [5, 5.41) is 0. The molecule has 3 N–H and O–H groups in total. The van der Waals surface area contributed by atoms with Crippen molar-refractivity contribution < 1.29 is 18.0 Å². The summed E-state index contributed by atoms with van der Waals surface area (Å²) in [6.45, 7) is 2.55. The van der Waals surface area contributed by atoms with Gasteiger partial charge in [0.1, 0.15) is 6.61 Å². The number of nitrogens with zero attached hydrogens (tertiary/aromatic N) is 1. The molecule has 0 aliphatic carbocycles. The Morgan fingerprint density at radius 2 is 2.06 bits per heavy atom. The van der Waals surface area contributed by atoms with Crippen LogP contribution in [0.25, 0.3) is 0 Å². The van der Waals surface area contributed by atoms with Crippen LogP contribution in [-0.4, -0.2) is 38.3 Å².